The molecule has 2 aromatic rings. The Morgan fingerprint density at radius 3 is 2.78 bits per heavy atom. The van der Waals surface area contributed by atoms with Crippen molar-refractivity contribution in [3.63, 3.8) is 0 Å². The molecule has 2 aromatic carbocycles. The third-order valence-electron chi connectivity index (χ3n) is 4.96. The zero-order valence-corrected chi connectivity index (χ0v) is 17.3. The fraction of sp³-hybridized carbons (Fsp3) is 0.263. The molecule has 0 aliphatic carbocycles. The van der Waals surface area contributed by atoms with Gasteiger partial charge in [-0.1, -0.05) is 45.2 Å². The van der Waals surface area contributed by atoms with Gasteiger partial charge in [0.1, 0.15) is 6.54 Å². The van der Waals surface area contributed by atoms with Crippen LogP contribution in [0, 0.1) is 0 Å². The van der Waals surface area contributed by atoms with Gasteiger partial charge in [0.15, 0.2) is 0 Å². The summed E-state index contributed by atoms with van der Waals surface area (Å²) in [5.74, 6) is -0.0612. The molecule has 0 bridgehead atoms. The van der Waals surface area contributed by atoms with Crippen LogP contribution in [-0.4, -0.2) is 41.4 Å². The van der Waals surface area contributed by atoms with Crippen molar-refractivity contribution in [2.45, 2.75) is 12.5 Å². The third kappa shape index (κ3) is 3.66. The fourth-order valence-corrected chi connectivity index (χ4v) is 4.53. The number of piperazine rings is 1. The molecule has 2 heterocycles. The van der Waals surface area contributed by atoms with Gasteiger partial charge in [0, 0.05) is 22.6 Å². The highest BCUT2D eigenvalue weighted by molar-refractivity contribution is 9.10. The van der Waals surface area contributed by atoms with Gasteiger partial charge in [-0.05, 0) is 47.9 Å². The van der Waals surface area contributed by atoms with E-state index in [2.05, 4.69) is 21.2 Å². The number of hydrogen-bond donors (Lipinski definition) is 1. The number of halogens is 3. The molecule has 4 rings (SSSR count). The zero-order valence-electron chi connectivity index (χ0n) is 14.2. The number of nitrogens with zero attached hydrogens (tertiary/aromatic N) is 2. The van der Waals surface area contributed by atoms with Crippen molar-refractivity contribution in [1.82, 2.24) is 9.80 Å². The summed E-state index contributed by atoms with van der Waals surface area (Å²) in [5.41, 5.74) is 2.69. The Morgan fingerprint density at radius 1 is 1.19 bits per heavy atom. The Balaban J connectivity index is 1.57. The minimum Gasteiger partial charge on any atom is -0.332 e. The molecule has 0 radical (unpaired) electrons. The molecule has 8 heteroatoms. The molecule has 5 nitrogen and oxygen atoms in total. The van der Waals surface area contributed by atoms with Gasteiger partial charge >= 0.3 is 6.03 Å². The van der Waals surface area contributed by atoms with E-state index in [1.165, 1.54) is 10.5 Å². The molecule has 1 fully saturated rings. The summed E-state index contributed by atoms with van der Waals surface area (Å²) < 4.78 is 0.824. The van der Waals surface area contributed by atoms with E-state index < -0.39 is 0 Å². The first-order chi connectivity index (χ1) is 12.9. The molecule has 1 N–H and O–H groups in total. The van der Waals surface area contributed by atoms with Crippen molar-refractivity contribution in [3.05, 3.63) is 62.0 Å². The van der Waals surface area contributed by atoms with Crippen molar-refractivity contribution < 1.29 is 9.59 Å². The lowest BCUT2D eigenvalue weighted by molar-refractivity contribution is -0.139. The Morgan fingerprint density at radius 2 is 2.00 bits per heavy atom. The molecule has 2 aliphatic heterocycles. The van der Waals surface area contributed by atoms with Gasteiger partial charge in [-0.3, -0.25) is 4.79 Å². The monoisotopic (exact) mass is 467 g/mol. The lowest BCUT2D eigenvalue weighted by atomic mass is 9.91. The van der Waals surface area contributed by atoms with Crippen molar-refractivity contribution in [3.8, 4) is 0 Å². The Kier molecular flexibility index (Phi) is 5.05. The molecule has 0 saturated carbocycles. The summed E-state index contributed by atoms with van der Waals surface area (Å²) >= 11 is 15.7. The summed E-state index contributed by atoms with van der Waals surface area (Å²) in [5, 5.41) is 3.85. The number of urea groups is 1. The van der Waals surface area contributed by atoms with Crippen LogP contribution >= 0.6 is 39.1 Å². The van der Waals surface area contributed by atoms with Gasteiger partial charge in [0.2, 0.25) is 5.91 Å². The van der Waals surface area contributed by atoms with Crippen molar-refractivity contribution >= 4 is 56.8 Å². The second kappa shape index (κ2) is 7.34. The number of rotatable bonds is 1. The summed E-state index contributed by atoms with van der Waals surface area (Å²) in [6, 6.07) is 10.5. The van der Waals surface area contributed by atoms with Crippen LogP contribution in [0.3, 0.4) is 0 Å². The van der Waals surface area contributed by atoms with Crippen molar-refractivity contribution in [2.24, 2.45) is 0 Å². The van der Waals surface area contributed by atoms with E-state index in [1.807, 2.05) is 23.1 Å². The molecule has 0 spiro atoms. The quantitative estimate of drug-likeness (QED) is 0.657. The van der Waals surface area contributed by atoms with E-state index in [0.29, 0.717) is 28.8 Å². The lowest BCUT2D eigenvalue weighted by Gasteiger charge is -2.44. The van der Waals surface area contributed by atoms with Gasteiger partial charge in [-0.2, -0.15) is 0 Å². The third-order valence-corrected chi connectivity index (χ3v) is 6.01. The number of anilines is 1. The highest BCUT2D eigenvalue weighted by Gasteiger charge is 2.38. The minimum absolute atomic E-state index is 0.0480. The van der Waals surface area contributed by atoms with E-state index in [-0.39, 0.29) is 24.5 Å². The normalized spacial score (nSPS) is 18.8. The van der Waals surface area contributed by atoms with Gasteiger partial charge in [0.05, 0.1) is 16.8 Å². The number of benzene rings is 2. The van der Waals surface area contributed by atoms with E-state index in [0.717, 1.165) is 16.5 Å². The first kappa shape index (κ1) is 18.6. The molecule has 27 heavy (non-hydrogen) atoms. The second-order valence-corrected chi connectivity index (χ2v) is 8.39. The summed E-state index contributed by atoms with van der Waals surface area (Å²) in [6.07, 6.45) is 0.801. The Bertz CT molecular complexity index is 937. The largest absolute Gasteiger partial charge is 0.332 e. The molecule has 1 saturated heterocycles. The maximum atomic E-state index is 12.8. The van der Waals surface area contributed by atoms with Crippen LogP contribution < -0.4 is 5.32 Å². The number of carbonyl (C=O) groups is 2. The average molecular weight is 469 g/mol. The first-order valence-electron chi connectivity index (χ1n) is 8.51. The topological polar surface area (TPSA) is 52.7 Å². The van der Waals surface area contributed by atoms with Crippen LogP contribution in [0.1, 0.15) is 17.2 Å². The maximum absolute atomic E-state index is 12.8. The predicted octanol–water partition coefficient (Wildman–Crippen LogP) is 4.73. The predicted molar refractivity (Wildman–Crippen MR) is 109 cm³/mol. The van der Waals surface area contributed by atoms with Crippen LogP contribution in [0.15, 0.2) is 40.9 Å². The molecule has 2 aliphatic rings. The lowest BCUT2D eigenvalue weighted by Crippen LogP contribution is -2.56. The van der Waals surface area contributed by atoms with Gasteiger partial charge in [-0.15, -0.1) is 0 Å². The SMILES string of the molecule is O=C(Nc1ccc(Br)cc1Cl)N1CC(=O)N2CCc3ccc(Cl)cc3C2C1. The number of carbonyl (C=O) groups excluding carboxylic acids is 2. The van der Waals surface area contributed by atoms with Crippen LogP contribution in [0.4, 0.5) is 10.5 Å². The fourth-order valence-electron chi connectivity index (χ4n) is 3.63. The van der Waals surface area contributed by atoms with Gasteiger partial charge in [-0.25, -0.2) is 4.79 Å². The second-order valence-electron chi connectivity index (χ2n) is 6.63. The van der Waals surface area contributed by atoms with Crippen molar-refractivity contribution in [2.75, 3.05) is 25.0 Å². The smallest absolute Gasteiger partial charge is 0.322 e. The summed E-state index contributed by atoms with van der Waals surface area (Å²) in [7, 11) is 0. The summed E-state index contributed by atoms with van der Waals surface area (Å²) in [6.45, 7) is 1.12. The number of fused-ring (bicyclic) bond motifs is 3. The summed E-state index contributed by atoms with van der Waals surface area (Å²) in [4.78, 5) is 28.8. The molecule has 3 amide bonds. The van der Waals surface area contributed by atoms with Crippen molar-refractivity contribution in [1.29, 1.82) is 0 Å². The number of hydrogen-bond acceptors (Lipinski definition) is 2. The van der Waals surface area contributed by atoms with Crippen LogP contribution in [-0.2, 0) is 11.2 Å². The average Bonchev–Trinajstić information content (AvgIpc) is 2.63. The number of amides is 3. The molecule has 140 valence electrons. The van der Waals surface area contributed by atoms with E-state index in [4.69, 9.17) is 23.2 Å². The zero-order chi connectivity index (χ0) is 19.1. The molecule has 0 aromatic heterocycles. The molecule has 1 unspecified atom stereocenters. The molecular weight excluding hydrogens is 453 g/mol. The Labute approximate surface area is 175 Å². The highest BCUT2D eigenvalue weighted by Crippen LogP contribution is 2.35. The van der Waals surface area contributed by atoms with E-state index >= 15 is 0 Å². The van der Waals surface area contributed by atoms with Crippen LogP contribution in [0.2, 0.25) is 10.0 Å². The molecular formula is C19H16BrCl2N3O2. The van der Waals surface area contributed by atoms with Gasteiger partial charge < -0.3 is 15.1 Å². The highest BCUT2D eigenvalue weighted by atomic mass is 79.9. The first-order valence-corrected chi connectivity index (χ1v) is 10.1. The van der Waals surface area contributed by atoms with E-state index in [9.17, 15) is 9.59 Å². The van der Waals surface area contributed by atoms with Gasteiger partial charge in [0.25, 0.3) is 0 Å². The maximum Gasteiger partial charge on any atom is 0.322 e. The Hall–Kier alpha value is -1.76. The minimum atomic E-state index is -0.346. The molecule has 1 atom stereocenters. The van der Waals surface area contributed by atoms with Crippen LogP contribution in [0.25, 0.3) is 0 Å². The number of nitrogens with one attached hydrogen (secondary N) is 1. The van der Waals surface area contributed by atoms with Crippen LogP contribution in [0.5, 0.6) is 0 Å². The standard InChI is InChI=1S/C19H16BrCl2N3O2/c20-12-2-4-16(15(22)7-12)23-19(27)24-9-17-14-8-13(21)3-1-11(14)5-6-25(17)18(26)10-24/h1-4,7-8,17H,5-6,9-10H2,(H,23,27). The van der Waals surface area contributed by atoms with E-state index in [1.54, 1.807) is 18.2 Å².